The van der Waals surface area contributed by atoms with Gasteiger partial charge >= 0.3 is 6.36 Å². The lowest BCUT2D eigenvalue weighted by Gasteiger charge is -2.19. The largest absolute Gasteiger partial charge is 0.573 e. The van der Waals surface area contributed by atoms with E-state index in [4.69, 9.17) is 4.74 Å². The Labute approximate surface area is 153 Å². The summed E-state index contributed by atoms with van der Waals surface area (Å²) in [6, 6.07) is 2.66. The number of hydrogen-bond donors (Lipinski definition) is 1. The average molecular weight is 389 g/mol. The first-order valence-corrected chi connectivity index (χ1v) is 7.97. The molecule has 1 N–H and O–H groups in total. The monoisotopic (exact) mass is 389 g/mol. The lowest BCUT2D eigenvalue weighted by atomic mass is 10.2. The van der Waals surface area contributed by atoms with Crippen molar-refractivity contribution in [3.63, 3.8) is 0 Å². The quantitative estimate of drug-likeness (QED) is 0.757. The Bertz CT molecular complexity index is 797. The summed E-state index contributed by atoms with van der Waals surface area (Å²) < 4.78 is 61.2. The van der Waals surface area contributed by atoms with Gasteiger partial charge in [-0.15, -0.1) is 13.2 Å². The van der Waals surface area contributed by atoms with Crippen LogP contribution in [0.5, 0.6) is 5.75 Å². The summed E-state index contributed by atoms with van der Waals surface area (Å²) >= 11 is 0. The van der Waals surface area contributed by atoms with Gasteiger partial charge in [0.25, 0.3) is 0 Å². The van der Waals surface area contributed by atoms with E-state index in [0.717, 1.165) is 12.1 Å². The van der Waals surface area contributed by atoms with Crippen molar-refractivity contribution in [3.8, 4) is 11.4 Å². The molecule has 1 aromatic carbocycles. The third-order valence-corrected chi connectivity index (χ3v) is 3.17. The lowest BCUT2D eigenvalue weighted by molar-refractivity contribution is -0.274. The van der Waals surface area contributed by atoms with E-state index in [0.29, 0.717) is 6.07 Å². The van der Waals surface area contributed by atoms with Crippen molar-refractivity contribution in [1.29, 1.82) is 0 Å². The first-order valence-electron chi connectivity index (χ1n) is 7.97. The van der Waals surface area contributed by atoms with Crippen LogP contribution in [0.25, 0.3) is 5.69 Å². The van der Waals surface area contributed by atoms with E-state index in [-0.39, 0.29) is 30.3 Å². The first-order chi connectivity index (χ1) is 12.4. The predicted molar refractivity (Wildman–Crippen MR) is 89.2 cm³/mol. The zero-order chi connectivity index (χ0) is 20.2. The first kappa shape index (κ1) is 20.7. The molecule has 2 rings (SSSR count). The average Bonchev–Trinajstić information content (AvgIpc) is 2.92. The molecule has 0 atom stereocenters. The van der Waals surface area contributed by atoms with Crippen molar-refractivity contribution >= 4 is 11.9 Å². The summed E-state index contributed by atoms with van der Waals surface area (Å²) in [5.74, 6) is -2.03. The molecule has 1 heterocycles. The van der Waals surface area contributed by atoms with E-state index in [9.17, 15) is 22.4 Å². The molecule has 1 aromatic heterocycles. The molecule has 10 heteroatoms. The molecule has 0 saturated heterocycles. The number of ether oxygens (including phenoxy) is 2. The second kappa shape index (κ2) is 7.95. The lowest BCUT2D eigenvalue weighted by Crippen LogP contribution is -2.23. The number of rotatable bonds is 6. The number of alkyl halides is 3. The fourth-order valence-electron chi connectivity index (χ4n) is 2.11. The summed E-state index contributed by atoms with van der Waals surface area (Å²) in [7, 11) is 0. The van der Waals surface area contributed by atoms with Crippen molar-refractivity contribution in [2.75, 3.05) is 11.9 Å². The van der Waals surface area contributed by atoms with E-state index in [2.05, 4.69) is 15.0 Å². The van der Waals surface area contributed by atoms with Crippen LogP contribution in [0.2, 0.25) is 0 Å². The summed E-state index contributed by atoms with van der Waals surface area (Å²) in [6.45, 7) is 5.75. The predicted octanol–water partition coefficient (Wildman–Crippen LogP) is 4.05. The molecule has 0 unspecified atom stereocenters. The number of aromatic nitrogens is 2. The van der Waals surface area contributed by atoms with Crippen molar-refractivity contribution in [2.24, 2.45) is 0 Å². The van der Waals surface area contributed by atoms with Gasteiger partial charge in [0.15, 0.2) is 5.82 Å². The Morgan fingerprint density at radius 1 is 1.26 bits per heavy atom. The van der Waals surface area contributed by atoms with Gasteiger partial charge in [-0.3, -0.25) is 14.7 Å². The van der Waals surface area contributed by atoms with E-state index in [1.165, 1.54) is 17.0 Å². The minimum atomic E-state index is -4.92. The SMILES string of the molecule is CC(C)(C)OCCC(=O)Nc1nccn1-c1ccc(OC(F)(F)F)cc1F. The number of anilines is 1. The van der Waals surface area contributed by atoms with Gasteiger partial charge in [0.2, 0.25) is 11.9 Å². The molecule has 0 bridgehead atoms. The minimum absolute atomic E-state index is 0.0270. The molecule has 0 aliphatic carbocycles. The molecule has 6 nitrogen and oxygen atoms in total. The number of amides is 1. The van der Waals surface area contributed by atoms with Crippen LogP contribution < -0.4 is 10.1 Å². The Balaban J connectivity index is 2.09. The van der Waals surface area contributed by atoms with Gasteiger partial charge in [0.05, 0.1) is 24.3 Å². The second-order valence-electron chi connectivity index (χ2n) is 6.54. The highest BCUT2D eigenvalue weighted by Gasteiger charge is 2.31. The summed E-state index contributed by atoms with van der Waals surface area (Å²) in [6.07, 6.45) is -2.17. The second-order valence-corrected chi connectivity index (χ2v) is 6.54. The fourth-order valence-corrected chi connectivity index (χ4v) is 2.11. The number of benzene rings is 1. The Kier molecular flexibility index (Phi) is 6.09. The standard InChI is InChI=1S/C17H19F4N3O3/c1-16(2,3)26-9-6-14(25)23-15-22-7-8-24(15)13-5-4-11(10-12(13)18)27-17(19,20)21/h4-5,7-8,10H,6,9H2,1-3H3,(H,22,23,25). The smallest absolute Gasteiger partial charge is 0.406 e. The van der Waals surface area contributed by atoms with Crippen LogP contribution in [0.4, 0.5) is 23.5 Å². The number of carbonyl (C=O) groups is 1. The molecule has 0 radical (unpaired) electrons. The summed E-state index contributed by atoms with van der Waals surface area (Å²) in [5.41, 5.74) is -0.481. The van der Waals surface area contributed by atoms with E-state index in [1.54, 1.807) is 0 Å². The van der Waals surface area contributed by atoms with Crippen molar-refractivity contribution in [3.05, 3.63) is 36.4 Å². The van der Waals surface area contributed by atoms with Gasteiger partial charge in [0.1, 0.15) is 5.75 Å². The van der Waals surface area contributed by atoms with Crippen LogP contribution in [-0.4, -0.2) is 34.0 Å². The Morgan fingerprint density at radius 2 is 1.96 bits per heavy atom. The van der Waals surface area contributed by atoms with Gasteiger partial charge in [0, 0.05) is 18.5 Å². The van der Waals surface area contributed by atoms with E-state index in [1.807, 2.05) is 20.8 Å². The van der Waals surface area contributed by atoms with Crippen LogP contribution >= 0.6 is 0 Å². The maximum atomic E-state index is 14.2. The number of hydrogen-bond acceptors (Lipinski definition) is 4. The molecular formula is C17H19F4N3O3. The fraction of sp³-hybridized carbons (Fsp3) is 0.412. The molecule has 0 saturated carbocycles. The van der Waals surface area contributed by atoms with Crippen molar-refractivity contribution < 1.29 is 31.8 Å². The van der Waals surface area contributed by atoms with Crippen LogP contribution in [0, 0.1) is 5.82 Å². The molecule has 0 aliphatic rings. The number of nitrogens with zero attached hydrogens (tertiary/aromatic N) is 2. The molecule has 0 spiro atoms. The van der Waals surface area contributed by atoms with Gasteiger partial charge in [-0.2, -0.15) is 0 Å². The maximum Gasteiger partial charge on any atom is 0.573 e. The van der Waals surface area contributed by atoms with Crippen LogP contribution in [0.15, 0.2) is 30.6 Å². The van der Waals surface area contributed by atoms with E-state index < -0.39 is 23.8 Å². The van der Waals surface area contributed by atoms with Gasteiger partial charge in [-0.25, -0.2) is 9.37 Å². The highest BCUT2D eigenvalue weighted by Crippen LogP contribution is 2.27. The molecule has 1 amide bonds. The Hall–Kier alpha value is -2.62. The van der Waals surface area contributed by atoms with Crippen molar-refractivity contribution in [1.82, 2.24) is 9.55 Å². The zero-order valence-electron chi connectivity index (χ0n) is 14.9. The molecule has 2 aromatic rings. The van der Waals surface area contributed by atoms with Crippen LogP contribution in [0.3, 0.4) is 0 Å². The summed E-state index contributed by atoms with van der Waals surface area (Å²) in [5, 5.41) is 2.51. The number of nitrogens with one attached hydrogen (secondary N) is 1. The van der Waals surface area contributed by atoms with Crippen LogP contribution in [0.1, 0.15) is 27.2 Å². The summed E-state index contributed by atoms with van der Waals surface area (Å²) in [4.78, 5) is 15.9. The van der Waals surface area contributed by atoms with Gasteiger partial charge < -0.3 is 9.47 Å². The third kappa shape index (κ3) is 6.55. The molecule has 148 valence electrons. The Morgan fingerprint density at radius 3 is 2.56 bits per heavy atom. The minimum Gasteiger partial charge on any atom is -0.406 e. The number of halogens is 4. The van der Waals surface area contributed by atoms with Gasteiger partial charge in [-0.1, -0.05) is 0 Å². The normalized spacial score (nSPS) is 12.1. The third-order valence-electron chi connectivity index (χ3n) is 3.17. The molecule has 0 aliphatic heterocycles. The van der Waals surface area contributed by atoms with Crippen molar-refractivity contribution in [2.45, 2.75) is 39.2 Å². The number of carbonyl (C=O) groups excluding carboxylic acids is 1. The molecular weight excluding hydrogens is 370 g/mol. The van der Waals surface area contributed by atoms with Crippen LogP contribution in [-0.2, 0) is 9.53 Å². The molecule has 27 heavy (non-hydrogen) atoms. The highest BCUT2D eigenvalue weighted by molar-refractivity contribution is 5.89. The van der Waals surface area contributed by atoms with E-state index >= 15 is 0 Å². The van der Waals surface area contributed by atoms with Gasteiger partial charge in [-0.05, 0) is 32.9 Å². The highest BCUT2D eigenvalue weighted by atomic mass is 19.4. The number of imidazole rings is 1. The molecule has 0 fully saturated rings. The zero-order valence-corrected chi connectivity index (χ0v) is 14.9. The maximum absolute atomic E-state index is 14.2. The topological polar surface area (TPSA) is 65.4 Å².